The third-order valence-electron chi connectivity index (χ3n) is 2.12. The number of halogens is 3. The lowest BCUT2D eigenvalue weighted by Crippen LogP contribution is -1.90. The zero-order valence-corrected chi connectivity index (χ0v) is 9.83. The van der Waals surface area contributed by atoms with Gasteiger partial charge in [-0.3, -0.25) is 0 Å². The lowest BCUT2D eigenvalue weighted by molar-refractivity contribution is 0.511. The minimum atomic E-state index is -0.813. The summed E-state index contributed by atoms with van der Waals surface area (Å²) >= 11 is 2.10. The van der Waals surface area contributed by atoms with Crippen LogP contribution in [-0.2, 0) is 0 Å². The fourth-order valence-corrected chi connectivity index (χ4v) is 2.07. The van der Waals surface area contributed by atoms with Crippen LogP contribution in [0, 0.1) is 15.2 Å². The van der Waals surface area contributed by atoms with Crippen LogP contribution in [0.1, 0.15) is 0 Å². The first-order valence-electron chi connectivity index (χ1n) is 4.39. The molecule has 15 heavy (non-hydrogen) atoms. The molecule has 0 N–H and O–H groups in total. The van der Waals surface area contributed by atoms with E-state index in [0.717, 1.165) is 15.2 Å². The van der Waals surface area contributed by atoms with Crippen LogP contribution < -0.4 is 0 Å². The zero-order chi connectivity index (χ0) is 10.8. The summed E-state index contributed by atoms with van der Waals surface area (Å²) in [6, 6.07) is 11.5. The van der Waals surface area contributed by atoms with Gasteiger partial charge in [0.15, 0.2) is 11.6 Å². The summed E-state index contributed by atoms with van der Waals surface area (Å²) in [5, 5.41) is 0. The molecule has 2 aromatic carbocycles. The van der Waals surface area contributed by atoms with E-state index < -0.39 is 11.6 Å². The van der Waals surface area contributed by atoms with Crippen LogP contribution in [0.3, 0.4) is 0 Å². The Hall–Kier alpha value is -0.970. The van der Waals surface area contributed by atoms with Gasteiger partial charge in [-0.1, -0.05) is 30.3 Å². The van der Waals surface area contributed by atoms with Crippen molar-refractivity contribution in [3.8, 4) is 11.1 Å². The second-order valence-corrected chi connectivity index (χ2v) is 4.24. The molecule has 0 aliphatic rings. The Labute approximate surface area is 100 Å². The molecule has 0 aromatic heterocycles. The van der Waals surface area contributed by atoms with E-state index in [1.165, 1.54) is 6.07 Å². The minimum absolute atomic E-state index is 0.306. The quantitative estimate of drug-likeness (QED) is 0.691. The number of rotatable bonds is 1. The normalized spacial score (nSPS) is 10.3. The molecule has 0 saturated heterocycles. The maximum Gasteiger partial charge on any atom is 0.166 e. The largest absolute Gasteiger partial charge is 0.204 e. The van der Waals surface area contributed by atoms with E-state index in [9.17, 15) is 8.78 Å². The van der Waals surface area contributed by atoms with Crippen molar-refractivity contribution < 1.29 is 8.78 Å². The fraction of sp³-hybridized carbons (Fsp3) is 0. The summed E-state index contributed by atoms with van der Waals surface area (Å²) < 4.78 is 27.4. The molecule has 0 atom stereocenters. The highest BCUT2D eigenvalue weighted by atomic mass is 127. The Morgan fingerprint density at radius 3 is 2.20 bits per heavy atom. The molecule has 0 radical (unpaired) electrons. The Balaban J connectivity index is 2.65. The molecular formula is C12H7F2I. The molecule has 0 bridgehead atoms. The molecule has 76 valence electrons. The van der Waals surface area contributed by atoms with Gasteiger partial charge in [0.25, 0.3) is 0 Å². The molecule has 0 spiro atoms. The monoisotopic (exact) mass is 316 g/mol. The predicted molar refractivity (Wildman–Crippen MR) is 64.5 cm³/mol. The van der Waals surface area contributed by atoms with Crippen molar-refractivity contribution in [1.29, 1.82) is 0 Å². The highest BCUT2D eigenvalue weighted by Crippen LogP contribution is 2.28. The summed E-state index contributed by atoms with van der Waals surface area (Å²) in [7, 11) is 0. The molecule has 0 saturated carbocycles. The highest BCUT2D eigenvalue weighted by molar-refractivity contribution is 14.1. The van der Waals surface area contributed by atoms with Gasteiger partial charge in [-0.25, -0.2) is 8.78 Å². The van der Waals surface area contributed by atoms with E-state index in [2.05, 4.69) is 22.6 Å². The van der Waals surface area contributed by atoms with Crippen LogP contribution in [0.5, 0.6) is 0 Å². The molecule has 0 unspecified atom stereocenters. The van der Waals surface area contributed by atoms with E-state index in [1.54, 1.807) is 12.1 Å². The number of hydrogen-bond donors (Lipinski definition) is 0. The van der Waals surface area contributed by atoms with Gasteiger partial charge in [0.2, 0.25) is 0 Å². The second-order valence-electron chi connectivity index (χ2n) is 3.08. The first-order chi connectivity index (χ1) is 7.20. The molecule has 0 aliphatic carbocycles. The zero-order valence-electron chi connectivity index (χ0n) is 7.68. The Kier molecular flexibility index (Phi) is 3.00. The van der Waals surface area contributed by atoms with E-state index >= 15 is 0 Å². The average Bonchev–Trinajstić information content (AvgIpc) is 2.23. The Morgan fingerprint density at radius 1 is 0.800 bits per heavy atom. The van der Waals surface area contributed by atoms with Crippen LogP contribution in [0.15, 0.2) is 42.5 Å². The standard InChI is InChI=1S/C12H7F2I/c13-10-6-3-5-9(12(10)14)8-4-1-2-7-11(8)15/h1-7H. The topological polar surface area (TPSA) is 0 Å². The van der Waals surface area contributed by atoms with E-state index in [0.29, 0.717) is 5.56 Å². The number of hydrogen-bond acceptors (Lipinski definition) is 0. The molecule has 0 aliphatic heterocycles. The van der Waals surface area contributed by atoms with Crippen LogP contribution in [-0.4, -0.2) is 0 Å². The molecule has 0 amide bonds. The summed E-state index contributed by atoms with van der Waals surface area (Å²) in [5.74, 6) is -1.60. The van der Waals surface area contributed by atoms with Gasteiger partial charge in [-0.15, -0.1) is 0 Å². The van der Waals surface area contributed by atoms with Crippen molar-refractivity contribution in [1.82, 2.24) is 0 Å². The molecule has 0 nitrogen and oxygen atoms in total. The smallest absolute Gasteiger partial charge is 0.166 e. The molecule has 0 fully saturated rings. The fourth-order valence-electron chi connectivity index (χ4n) is 1.39. The number of benzene rings is 2. The first-order valence-corrected chi connectivity index (χ1v) is 5.47. The highest BCUT2D eigenvalue weighted by Gasteiger charge is 2.11. The van der Waals surface area contributed by atoms with Gasteiger partial charge in [0.1, 0.15) is 0 Å². The maximum atomic E-state index is 13.5. The van der Waals surface area contributed by atoms with Gasteiger partial charge in [0.05, 0.1) is 0 Å². The second kappa shape index (κ2) is 4.26. The van der Waals surface area contributed by atoms with E-state index in [-0.39, 0.29) is 0 Å². The van der Waals surface area contributed by atoms with Crippen molar-refractivity contribution in [2.75, 3.05) is 0 Å². The molecule has 2 aromatic rings. The van der Waals surface area contributed by atoms with Crippen molar-refractivity contribution >= 4 is 22.6 Å². The van der Waals surface area contributed by atoms with Crippen molar-refractivity contribution in [3.05, 3.63) is 57.7 Å². The summed E-state index contributed by atoms with van der Waals surface area (Å²) in [6.45, 7) is 0. The molecule has 3 heteroatoms. The van der Waals surface area contributed by atoms with Crippen LogP contribution >= 0.6 is 22.6 Å². The summed E-state index contributed by atoms with van der Waals surface area (Å²) in [6.07, 6.45) is 0. The van der Waals surface area contributed by atoms with E-state index in [4.69, 9.17) is 0 Å². The Morgan fingerprint density at radius 2 is 1.47 bits per heavy atom. The Bertz CT molecular complexity index is 495. The molecular weight excluding hydrogens is 309 g/mol. The summed E-state index contributed by atoms with van der Waals surface area (Å²) in [4.78, 5) is 0. The first kappa shape index (κ1) is 10.5. The molecule has 0 heterocycles. The van der Waals surface area contributed by atoms with Gasteiger partial charge < -0.3 is 0 Å². The van der Waals surface area contributed by atoms with Gasteiger partial charge in [-0.05, 0) is 40.3 Å². The van der Waals surface area contributed by atoms with Crippen LogP contribution in [0.4, 0.5) is 8.78 Å². The average molecular weight is 316 g/mol. The van der Waals surface area contributed by atoms with Crippen molar-refractivity contribution in [2.24, 2.45) is 0 Å². The third-order valence-corrected chi connectivity index (χ3v) is 3.06. The van der Waals surface area contributed by atoms with Gasteiger partial charge >= 0.3 is 0 Å². The lowest BCUT2D eigenvalue weighted by Gasteiger charge is -2.05. The maximum absolute atomic E-state index is 13.5. The lowest BCUT2D eigenvalue weighted by atomic mass is 10.1. The van der Waals surface area contributed by atoms with Crippen LogP contribution in [0.25, 0.3) is 11.1 Å². The van der Waals surface area contributed by atoms with Gasteiger partial charge in [-0.2, -0.15) is 0 Å². The van der Waals surface area contributed by atoms with Crippen molar-refractivity contribution in [3.63, 3.8) is 0 Å². The van der Waals surface area contributed by atoms with E-state index in [1.807, 2.05) is 18.2 Å². The van der Waals surface area contributed by atoms with Crippen LogP contribution in [0.2, 0.25) is 0 Å². The molecule has 2 rings (SSSR count). The minimum Gasteiger partial charge on any atom is -0.204 e. The predicted octanol–water partition coefficient (Wildman–Crippen LogP) is 4.24. The third kappa shape index (κ3) is 2.02. The SMILES string of the molecule is Fc1cccc(-c2ccccc2I)c1F. The van der Waals surface area contributed by atoms with Gasteiger partial charge in [0, 0.05) is 9.13 Å². The summed E-state index contributed by atoms with van der Waals surface area (Å²) in [5.41, 5.74) is 1.02. The van der Waals surface area contributed by atoms with Crippen molar-refractivity contribution in [2.45, 2.75) is 0 Å².